The molecular formula is C14H11N3O2. The number of nitro groups is 1. The molecule has 0 aliphatic heterocycles. The van der Waals surface area contributed by atoms with Crippen molar-refractivity contribution in [2.75, 3.05) is 0 Å². The summed E-state index contributed by atoms with van der Waals surface area (Å²) in [7, 11) is 0. The van der Waals surface area contributed by atoms with Gasteiger partial charge in [-0.1, -0.05) is 36.9 Å². The van der Waals surface area contributed by atoms with Crippen molar-refractivity contribution < 1.29 is 4.92 Å². The largest absolute Gasteiger partial charge is 0.269 e. The average molecular weight is 253 g/mol. The van der Waals surface area contributed by atoms with Crippen molar-refractivity contribution in [1.29, 1.82) is 0 Å². The van der Waals surface area contributed by atoms with E-state index >= 15 is 0 Å². The normalized spacial score (nSPS) is 10.5. The molecule has 2 rings (SSSR count). The van der Waals surface area contributed by atoms with Crippen molar-refractivity contribution in [2.45, 2.75) is 0 Å². The molecule has 0 fully saturated rings. The molecule has 0 N–H and O–H groups in total. The highest BCUT2D eigenvalue weighted by Crippen LogP contribution is 2.21. The third-order valence-corrected chi connectivity index (χ3v) is 2.45. The lowest BCUT2D eigenvalue weighted by Gasteiger charge is -1.97. The quantitative estimate of drug-likeness (QED) is 0.461. The van der Waals surface area contributed by atoms with Gasteiger partial charge in [0.15, 0.2) is 0 Å². The monoisotopic (exact) mass is 253 g/mol. The molecule has 0 radical (unpaired) electrons. The van der Waals surface area contributed by atoms with Gasteiger partial charge >= 0.3 is 0 Å². The van der Waals surface area contributed by atoms with Crippen LogP contribution in [-0.4, -0.2) is 4.92 Å². The van der Waals surface area contributed by atoms with Gasteiger partial charge in [-0.25, -0.2) is 0 Å². The molecule has 0 saturated carbocycles. The van der Waals surface area contributed by atoms with E-state index in [0.717, 1.165) is 5.56 Å². The van der Waals surface area contributed by atoms with Crippen molar-refractivity contribution in [3.05, 3.63) is 76.9 Å². The summed E-state index contributed by atoms with van der Waals surface area (Å²) in [5.41, 5.74) is 2.00. The zero-order valence-corrected chi connectivity index (χ0v) is 10.1. The lowest BCUT2D eigenvalue weighted by atomic mass is 10.2. The summed E-state index contributed by atoms with van der Waals surface area (Å²) in [6.45, 7) is 3.82. The molecule has 5 nitrogen and oxygen atoms in total. The molecule has 94 valence electrons. The smallest absolute Gasteiger partial charge is 0.258 e. The number of azo groups is 1. The highest BCUT2D eigenvalue weighted by molar-refractivity contribution is 5.61. The second-order valence-electron chi connectivity index (χ2n) is 3.79. The van der Waals surface area contributed by atoms with Crippen LogP contribution in [0.5, 0.6) is 0 Å². The molecule has 0 aromatic heterocycles. The van der Waals surface area contributed by atoms with Crippen molar-refractivity contribution >= 4 is 17.1 Å². The van der Waals surface area contributed by atoms with Crippen LogP contribution in [0.2, 0.25) is 0 Å². The molecule has 0 bridgehead atoms. The highest BCUT2D eigenvalue weighted by atomic mass is 16.6. The van der Waals surface area contributed by atoms with Gasteiger partial charge in [0.05, 0.1) is 16.3 Å². The van der Waals surface area contributed by atoms with E-state index in [1.54, 1.807) is 12.1 Å². The number of benzene rings is 2. The fourth-order valence-electron chi connectivity index (χ4n) is 1.45. The van der Waals surface area contributed by atoms with Gasteiger partial charge < -0.3 is 0 Å². The zero-order chi connectivity index (χ0) is 13.7. The van der Waals surface area contributed by atoms with Crippen molar-refractivity contribution in [1.82, 2.24) is 0 Å². The SMILES string of the molecule is C=C(N=Nc1ccc([N+](=O)[O-])cc1)c1ccccc1. The molecule has 5 heteroatoms. The molecule has 0 aliphatic carbocycles. The van der Waals surface area contributed by atoms with Crippen LogP contribution < -0.4 is 0 Å². The van der Waals surface area contributed by atoms with Crippen LogP contribution in [0, 0.1) is 10.1 Å². The summed E-state index contributed by atoms with van der Waals surface area (Å²) < 4.78 is 0. The van der Waals surface area contributed by atoms with Crippen molar-refractivity contribution in [3.8, 4) is 0 Å². The second-order valence-corrected chi connectivity index (χ2v) is 3.79. The predicted molar refractivity (Wildman–Crippen MR) is 73.1 cm³/mol. The molecule has 19 heavy (non-hydrogen) atoms. The Kier molecular flexibility index (Phi) is 3.78. The zero-order valence-electron chi connectivity index (χ0n) is 10.1. The van der Waals surface area contributed by atoms with E-state index in [9.17, 15) is 10.1 Å². The lowest BCUT2D eigenvalue weighted by molar-refractivity contribution is -0.384. The summed E-state index contributed by atoms with van der Waals surface area (Å²) in [6.07, 6.45) is 0. The van der Waals surface area contributed by atoms with Crippen LogP contribution in [0.25, 0.3) is 5.70 Å². The predicted octanol–water partition coefficient (Wildman–Crippen LogP) is 4.35. The maximum Gasteiger partial charge on any atom is 0.269 e. The summed E-state index contributed by atoms with van der Waals surface area (Å²) in [4.78, 5) is 10.0. The van der Waals surface area contributed by atoms with Gasteiger partial charge in [0, 0.05) is 17.7 Å². The van der Waals surface area contributed by atoms with Gasteiger partial charge in [-0.05, 0) is 12.1 Å². The van der Waals surface area contributed by atoms with Crippen LogP contribution in [-0.2, 0) is 0 Å². The minimum absolute atomic E-state index is 0.0286. The van der Waals surface area contributed by atoms with Crippen molar-refractivity contribution in [3.63, 3.8) is 0 Å². The first-order valence-corrected chi connectivity index (χ1v) is 5.57. The van der Waals surface area contributed by atoms with Crippen LogP contribution in [0.1, 0.15) is 5.56 Å². The minimum Gasteiger partial charge on any atom is -0.258 e. The Morgan fingerprint density at radius 3 is 2.26 bits per heavy atom. The van der Waals surface area contributed by atoms with Gasteiger partial charge in [0.1, 0.15) is 0 Å². The topological polar surface area (TPSA) is 67.9 Å². The van der Waals surface area contributed by atoms with Crippen LogP contribution >= 0.6 is 0 Å². The third-order valence-electron chi connectivity index (χ3n) is 2.45. The Morgan fingerprint density at radius 1 is 1.05 bits per heavy atom. The van der Waals surface area contributed by atoms with E-state index < -0.39 is 4.92 Å². The van der Waals surface area contributed by atoms with E-state index in [-0.39, 0.29) is 5.69 Å². The van der Waals surface area contributed by atoms with Crippen molar-refractivity contribution in [2.24, 2.45) is 10.2 Å². The summed E-state index contributed by atoms with van der Waals surface area (Å²) in [5, 5.41) is 18.5. The molecule has 2 aromatic rings. The molecule has 0 saturated heterocycles. The Bertz CT molecular complexity index is 619. The van der Waals surface area contributed by atoms with Gasteiger partial charge in [0.25, 0.3) is 5.69 Å². The maximum atomic E-state index is 10.5. The Morgan fingerprint density at radius 2 is 1.68 bits per heavy atom. The number of hydrogen-bond acceptors (Lipinski definition) is 4. The summed E-state index contributed by atoms with van der Waals surface area (Å²) in [6, 6.07) is 15.3. The highest BCUT2D eigenvalue weighted by Gasteiger charge is 2.03. The first-order chi connectivity index (χ1) is 9.16. The Balaban J connectivity index is 2.10. The molecule has 0 aliphatic rings. The Labute approximate surface area is 110 Å². The lowest BCUT2D eigenvalue weighted by Crippen LogP contribution is -1.85. The average Bonchev–Trinajstić information content (AvgIpc) is 2.46. The van der Waals surface area contributed by atoms with E-state index in [4.69, 9.17) is 0 Å². The van der Waals surface area contributed by atoms with Gasteiger partial charge in [-0.15, -0.1) is 0 Å². The molecule has 0 spiro atoms. The van der Waals surface area contributed by atoms with Gasteiger partial charge in [0.2, 0.25) is 0 Å². The fourth-order valence-corrected chi connectivity index (χ4v) is 1.45. The van der Waals surface area contributed by atoms with Gasteiger partial charge in [-0.3, -0.25) is 10.1 Å². The molecule has 0 heterocycles. The van der Waals surface area contributed by atoms with Gasteiger partial charge in [-0.2, -0.15) is 10.2 Å². The van der Waals surface area contributed by atoms with Crippen LogP contribution in [0.4, 0.5) is 11.4 Å². The second kappa shape index (κ2) is 5.68. The third kappa shape index (κ3) is 3.32. The van der Waals surface area contributed by atoms with E-state index in [0.29, 0.717) is 11.4 Å². The Hall–Kier alpha value is -2.82. The maximum absolute atomic E-state index is 10.5. The number of rotatable bonds is 4. The minimum atomic E-state index is -0.455. The molecule has 0 amide bonds. The summed E-state index contributed by atoms with van der Waals surface area (Å²) >= 11 is 0. The number of hydrogen-bond donors (Lipinski definition) is 0. The molecular weight excluding hydrogens is 242 g/mol. The van der Waals surface area contributed by atoms with Crippen LogP contribution in [0.3, 0.4) is 0 Å². The number of nitro benzene ring substituents is 1. The first-order valence-electron chi connectivity index (χ1n) is 5.57. The molecule has 0 unspecified atom stereocenters. The van der Waals surface area contributed by atoms with E-state index in [1.165, 1.54) is 12.1 Å². The van der Waals surface area contributed by atoms with E-state index in [2.05, 4.69) is 16.8 Å². The number of nitrogens with zero attached hydrogens (tertiary/aromatic N) is 3. The fraction of sp³-hybridized carbons (Fsp3) is 0. The molecule has 0 atom stereocenters. The van der Waals surface area contributed by atoms with E-state index in [1.807, 2.05) is 30.3 Å². The summed E-state index contributed by atoms with van der Waals surface area (Å²) in [5.74, 6) is 0. The number of non-ortho nitro benzene ring substituents is 1. The first kappa shape index (κ1) is 12.6. The van der Waals surface area contributed by atoms with Crippen LogP contribution in [0.15, 0.2) is 71.4 Å². The molecule has 2 aromatic carbocycles. The standard InChI is InChI=1S/C14H11N3O2/c1-11(12-5-3-2-4-6-12)15-16-13-7-9-14(10-8-13)17(18)19/h2-10H,1H2.